The van der Waals surface area contributed by atoms with E-state index in [1.807, 2.05) is 0 Å². The fourth-order valence-electron chi connectivity index (χ4n) is 2.22. The van der Waals surface area contributed by atoms with Gasteiger partial charge in [0.2, 0.25) is 0 Å². The molecule has 0 aliphatic heterocycles. The third-order valence-corrected chi connectivity index (χ3v) is 2.89. The number of aromatic nitrogens is 1. The number of hydrogen-bond acceptors (Lipinski definition) is 1. The quantitative estimate of drug-likeness (QED) is 0.764. The van der Waals surface area contributed by atoms with Gasteiger partial charge in [-0.3, -0.25) is 4.98 Å². The molecule has 1 rings (SSSR count). The summed E-state index contributed by atoms with van der Waals surface area (Å²) in [5, 5.41) is 0. The normalized spacial score (nSPS) is 12.8. The van der Waals surface area contributed by atoms with Crippen LogP contribution in [0, 0.1) is 11.8 Å². The summed E-state index contributed by atoms with van der Waals surface area (Å²) in [6.07, 6.45) is -3.39. The lowest BCUT2D eigenvalue weighted by Crippen LogP contribution is -2.15. The molecule has 1 heterocycles. The molecule has 0 spiro atoms. The molecule has 0 bridgehead atoms. The second kappa shape index (κ2) is 5.07. The monoisotopic (exact) mass is 245 g/mol. The van der Waals surface area contributed by atoms with Gasteiger partial charge in [0.1, 0.15) is 0 Å². The highest BCUT2D eigenvalue weighted by Crippen LogP contribution is 2.33. The van der Waals surface area contributed by atoms with Gasteiger partial charge in [0.25, 0.3) is 0 Å². The predicted molar refractivity (Wildman–Crippen MR) is 61.7 cm³/mol. The van der Waals surface area contributed by atoms with Gasteiger partial charge >= 0.3 is 6.18 Å². The minimum atomic E-state index is -4.31. The molecule has 0 aliphatic carbocycles. The summed E-state index contributed by atoms with van der Waals surface area (Å²) in [5.74, 6) is 0.913. The summed E-state index contributed by atoms with van der Waals surface area (Å²) < 4.78 is 37.2. The Balaban J connectivity index is 3.01. The summed E-state index contributed by atoms with van der Waals surface area (Å²) in [6, 6.07) is 2.60. The van der Waals surface area contributed by atoms with E-state index in [1.54, 1.807) is 0 Å². The van der Waals surface area contributed by atoms with E-state index in [4.69, 9.17) is 0 Å². The molecule has 0 aliphatic rings. The van der Waals surface area contributed by atoms with Crippen LogP contribution in [0.2, 0.25) is 0 Å². The lowest BCUT2D eigenvalue weighted by atomic mass is 9.82. The van der Waals surface area contributed by atoms with E-state index in [0.717, 1.165) is 18.0 Å². The highest BCUT2D eigenvalue weighted by atomic mass is 19.4. The Bertz CT molecular complexity index is 344. The second-order valence-electron chi connectivity index (χ2n) is 4.98. The van der Waals surface area contributed by atoms with Gasteiger partial charge in [0.05, 0.1) is 5.56 Å². The van der Waals surface area contributed by atoms with E-state index in [2.05, 4.69) is 32.7 Å². The van der Waals surface area contributed by atoms with Gasteiger partial charge in [-0.05, 0) is 24.0 Å². The Morgan fingerprint density at radius 3 is 1.82 bits per heavy atom. The van der Waals surface area contributed by atoms with E-state index in [0.29, 0.717) is 11.8 Å². The van der Waals surface area contributed by atoms with Crippen molar-refractivity contribution in [2.45, 2.75) is 39.8 Å². The SMILES string of the molecule is CC(C)C(c1ccc(C(F)(F)F)cn1)C(C)C. The van der Waals surface area contributed by atoms with Crippen LogP contribution in [0.4, 0.5) is 13.2 Å². The fraction of sp³-hybridized carbons (Fsp3) is 0.615. The third-order valence-electron chi connectivity index (χ3n) is 2.89. The van der Waals surface area contributed by atoms with Crippen LogP contribution in [0.1, 0.15) is 44.9 Å². The Morgan fingerprint density at radius 2 is 1.53 bits per heavy atom. The van der Waals surface area contributed by atoms with Crippen molar-refractivity contribution in [3.05, 3.63) is 29.6 Å². The average molecular weight is 245 g/mol. The van der Waals surface area contributed by atoms with E-state index in [1.165, 1.54) is 6.07 Å². The zero-order chi connectivity index (χ0) is 13.2. The van der Waals surface area contributed by atoms with Gasteiger partial charge in [0, 0.05) is 17.8 Å². The van der Waals surface area contributed by atoms with Crippen LogP contribution in [0.25, 0.3) is 0 Å². The maximum absolute atomic E-state index is 12.4. The fourth-order valence-corrected chi connectivity index (χ4v) is 2.22. The van der Waals surface area contributed by atoms with Crippen LogP contribution in [-0.2, 0) is 6.18 Å². The van der Waals surface area contributed by atoms with Gasteiger partial charge in [-0.15, -0.1) is 0 Å². The van der Waals surface area contributed by atoms with E-state index in [-0.39, 0.29) is 5.92 Å². The lowest BCUT2D eigenvalue weighted by Gasteiger charge is -2.24. The summed E-state index contributed by atoms with van der Waals surface area (Å²) in [6.45, 7) is 8.24. The van der Waals surface area contributed by atoms with Crippen molar-refractivity contribution >= 4 is 0 Å². The molecule has 0 aromatic carbocycles. The van der Waals surface area contributed by atoms with Crippen molar-refractivity contribution in [1.82, 2.24) is 4.98 Å². The van der Waals surface area contributed by atoms with Crippen molar-refractivity contribution in [3.63, 3.8) is 0 Å². The predicted octanol–water partition coefficient (Wildman–Crippen LogP) is 4.50. The molecule has 0 N–H and O–H groups in total. The van der Waals surface area contributed by atoms with E-state index in [9.17, 15) is 13.2 Å². The van der Waals surface area contributed by atoms with Crippen molar-refractivity contribution in [2.75, 3.05) is 0 Å². The Kier molecular flexibility index (Phi) is 4.17. The maximum atomic E-state index is 12.4. The number of rotatable bonds is 3. The van der Waals surface area contributed by atoms with Crippen LogP contribution >= 0.6 is 0 Å². The van der Waals surface area contributed by atoms with Crippen molar-refractivity contribution in [2.24, 2.45) is 11.8 Å². The highest BCUT2D eigenvalue weighted by Gasteiger charge is 2.31. The molecule has 1 nitrogen and oxygen atoms in total. The molecule has 1 aromatic rings. The van der Waals surface area contributed by atoms with Gasteiger partial charge in [-0.2, -0.15) is 13.2 Å². The van der Waals surface area contributed by atoms with Crippen molar-refractivity contribution in [3.8, 4) is 0 Å². The zero-order valence-electron chi connectivity index (χ0n) is 10.5. The smallest absolute Gasteiger partial charge is 0.260 e. The second-order valence-corrected chi connectivity index (χ2v) is 4.98. The number of halogens is 3. The molecular formula is C13H18F3N. The molecular weight excluding hydrogens is 227 g/mol. The van der Waals surface area contributed by atoms with Gasteiger partial charge in [-0.1, -0.05) is 27.7 Å². The molecule has 0 saturated carbocycles. The topological polar surface area (TPSA) is 12.9 Å². The number of pyridine rings is 1. The van der Waals surface area contributed by atoms with Crippen molar-refractivity contribution in [1.29, 1.82) is 0 Å². The molecule has 0 saturated heterocycles. The van der Waals surface area contributed by atoms with Crippen LogP contribution in [-0.4, -0.2) is 4.98 Å². The first-order valence-corrected chi connectivity index (χ1v) is 5.76. The zero-order valence-corrected chi connectivity index (χ0v) is 10.5. The lowest BCUT2D eigenvalue weighted by molar-refractivity contribution is -0.137. The summed E-state index contributed by atoms with van der Waals surface area (Å²) in [4.78, 5) is 3.97. The maximum Gasteiger partial charge on any atom is 0.417 e. The molecule has 1 aromatic heterocycles. The van der Waals surface area contributed by atoms with Crippen LogP contribution in [0.3, 0.4) is 0 Å². The van der Waals surface area contributed by atoms with Gasteiger partial charge in [0.15, 0.2) is 0 Å². The summed E-state index contributed by atoms with van der Waals surface area (Å²) in [5.41, 5.74) is 0.0514. The highest BCUT2D eigenvalue weighted by molar-refractivity contribution is 5.20. The molecule has 0 unspecified atom stereocenters. The average Bonchev–Trinajstić information content (AvgIpc) is 2.15. The van der Waals surface area contributed by atoms with Crippen molar-refractivity contribution < 1.29 is 13.2 Å². The Morgan fingerprint density at radius 1 is 1.00 bits per heavy atom. The molecule has 0 amide bonds. The van der Waals surface area contributed by atoms with Gasteiger partial charge < -0.3 is 0 Å². The largest absolute Gasteiger partial charge is 0.417 e. The Hall–Kier alpha value is -1.06. The molecule has 0 fully saturated rings. The summed E-state index contributed by atoms with van der Waals surface area (Å²) >= 11 is 0. The van der Waals surface area contributed by atoms with Gasteiger partial charge in [-0.25, -0.2) is 0 Å². The molecule has 17 heavy (non-hydrogen) atoms. The molecule has 96 valence electrons. The van der Waals surface area contributed by atoms with E-state index < -0.39 is 11.7 Å². The van der Waals surface area contributed by atoms with E-state index >= 15 is 0 Å². The van der Waals surface area contributed by atoms with Crippen LogP contribution in [0.15, 0.2) is 18.3 Å². The van der Waals surface area contributed by atoms with Crippen LogP contribution in [0.5, 0.6) is 0 Å². The van der Waals surface area contributed by atoms with Crippen LogP contribution < -0.4 is 0 Å². The molecule has 0 atom stereocenters. The number of nitrogens with zero attached hydrogens (tertiary/aromatic N) is 1. The molecule has 0 radical (unpaired) electrons. The number of alkyl halides is 3. The minimum Gasteiger partial charge on any atom is -0.260 e. The summed E-state index contributed by atoms with van der Waals surface area (Å²) in [7, 11) is 0. The molecule has 4 heteroatoms. The first kappa shape index (κ1) is 14.0. The first-order chi connectivity index (χ1) is 7.73. The Labute approximate surface area is 100 Å². The number of hydrogen-bond donors (Lipinski definition) is 0. The first-order valence-electron chi connectivity index (χ1n) is 5.76. The minimum absolute atomic E-state index is 0.192. The standard InChI is InChI=1S/C13H18F3N/c1-8(2)12(9(3)4)11-6-5-10(7-17-11)13(14,15)16/h5-9,12H,1-4H3. The third kappa shape index (κ3) is 3.45.